The summed E-state index contributed by atoms with van der Waals surface area (Å²) >= 11 is 3.44. The van der Waals surface area contributed by atoms with E-state index in [0.717, 1.165) is 17.6 Å². The summed E-state index contributed by atoms with van der Waals surface area (Å²) in [6.07, 6.45) is 0. The normalized spacial score (nSPS) is 10.9. The average molecular weight is 258 g/mol. The van der Waals surface area contributed by atoms with E-state index in [4.69, 9.17) is 5.11 Å². The number of hydrogen-bond donors (Lipinski definition) is 1. The smallest absolute Gasteiger partial charge is 0.0558 e. The van der Waals surface area contributed by atoms with Gasteiger partial charge in [-0.1, -0.05) is 22.0 Å². The lowest BCUT2D eigenvalue weighted by Crippen LogP contribution is -2.21. The molecule has 0 atom stereocenters. The highest BCUT2D eigenvalue weighted by Gasteiger charge is 2.02. The van der Waals surface area contributed by atoms with Crippen LogP contribution in [0.15, 0.2) is 22.7 Å². The van der Waals surface area contributed by atoms with Crippen molar-refractivity contribution in [2.24, 2.45) is 0 Å². The van der Waals surface area contributed by atoms with Gasteiger partial charge in [0.15, 0.2) is 0 Å². The number of halogens is 1. The second-order valence-corrected chi connectivity index (χ2v) is 4.45. The zero-order valence-electron chi connectivity index (χ0n) is 8.63. The first-order valence-corrected chi connectivity index (χ1v) is 5.47. The minimum Gasteiger partial charge on any atom is -0.395 e. The van der Waals surface area contributed by atoms with Crippen molar-refractivity contribution in [2.45, 2.75) is 13.5 Å². The van der Waals surface area contributed by atoms with Crippen LogP contribution in [0.4, 0.5) is 0 Å². The Labute approximate surface area is 93.7 Å². The summed E-state index contributed by atoms with van der Waals surface area (Å²) in [4.78, 5) is 2.11. The molecular formula is C11H16BrNO. The maximum Gasteiger partial charge on any atom is 0.0558 e. The minimum atomic E-state index is 0.214. The van der Waals surface area contributed by atoms with Crippen molar-refractivity contribution in [3.05, 3.63) is 33.8 Å². The monoisotopic (exact) mass is 257 g/mol. The molecule has 0 aliphatic carbocycles. The summed E-state index contributed by atoms with van der Waals surface area (Å²) in [5.74, 6) is 0. The van der Waals surface area contributed by atoms with Crippen molar-refractivity contribution in [1.29, 1.82) is 0 Å². The molecule has 3 heteroatoms. The first-order valence-electron chi connectivity index (χ1n) is 4.68. The summed E-state index contributed by atoms with van der Waals surface area (Å²) in [7, 11) is 2.01. The van der Waals surface area contributed by atoms with Crippen molar-refractivity contribution < 1.29 is 5.11 Å². The third-order valence-electron chi connectivity index (χ3n) is 2.23. The standard InChI is InChI=1S/C11H16BrNO/c1-9-7-11(12)4-3-10(9)8-13(2)5-6-14/h3-4,7,14H,5-6,8H2,1-2H3. The van der Waals surface area contributed by atoms with Gasteiger partial charge >= 0.3 is 0 Å². The van der Waals surface area contributed by atoms with Crippen LogP contribution in [0.25, 0.3) is 0 Å². The van der Waals surface area contributed by atoms with Crippen molar-refractivity contribution in [3.8, 4) is 0 Å². The molecule has 0 unspecified atom stereocenters. The fraction of sp³-hybridized carbons (Fsp3) is 0.455. The quantitative estimate of drug-likeness (QED) is 0.894. The highest BCUT2D eigenvalue weighted by Crippen LogP contribution is 2.16. The molecular weight excluding hydrogens is 242 g/mol. The lowest BCUT2D eigenvalue weighted by Gasteiger charge is -2.16. The molecule has 0 bridgehead atoms. The van der Waals surface area contributed by atoms with E-state index in [1.807, 2.05) is 7.05 Å². The number of aliphatic hydroxyl groups is 1. The zero-order valence-corrected chi connectivity index (χ0v) is 10.2. The van der Waals surface area contributed by atoms with Crippen LogP contribution in [0.2, 0.25) is 0 Å². The maximum atomic E-state index is 8.78. The first kappa shape index (κ1) is 11.7. The summed E-state index contributed by atoms with van der Waals surface area (Å²) in [6, 6.07) is 6.28. The Morgan fingerprint density at radius 3 is 2.71 bits per heavy atom. The Morgan fingerprint density at radius 1 is 1.43 bits per heavy atom. The van der Waals surface area contributed by atoms with Crippen molar-refractivity contribution in [2.75, 3.05) is 20.2 Å². The van der Waals surface area contributed by atoms with Crippen LogP contribution in [0.5, 0.6) is 0 Å². The molecule has 0 aliphatic rings. The molecule has 1 rings (SSSR count). The van der Waals surface area contributed by atoms with E-state index in [0.29, 0.717) is 0 Å². The Kier molecular flexibility index (Phi) is 4.58. The van der Waals surface area contributed by atoms with Gasteiger partial charge in [-0.3, -0.25) is 4.90 Å². The van der Waals surface area contributed by atoms with Gasteiger partial charge in [0.2, 0.25) is 0 Å². The molecule has 0 heterocycles. The number of rotatable bonds is 4. The van der Waals surface area contributed by atoms with Crippen LogP contribution >= 0.6 is 15.9 Å². The Hall–Kier alpha value is -0.380. The van der Waals surface area contributed by atoms with Crippen LogP contribution in [-0.2, 0) is 6.54 Å². The Bertz CT molecular complexity index is 301. The number of aliphatic hydroxyl groups excluding tert-OH is 1. The number of aryl methyl sites for hydroxylation is 1. The maximum absolute atomic E-state index is 8.78. The van der Waals surface area contributed by atoms with E-state index in [9.17, 15) is 0 Å². The van der Waals surface area contributed by atoms with Crippen LogP contribution in [0, 0.1) is 6.92 Å². The number of likely N-dealkylation sites (N-methyl/N-ethyl adjacent to an activating group) is 1. The SMILES string of the molecule is Cc1cc(Br)ccc1CN(C)CCO. The van der Waals surface area contributed by atoms with Crippen LogP contribution in [0.1, 0.15) is 11.1 Å². The van der Waals surface area contributed by atoms with Gasteiger partial charge in [0.25, 0.3) is 0 Å². The second-order valence-electron chi connectivity index (χ2n) is 3.53. The molecule has 78 valence electrons. The molecule has 1 aromatic carbocycles. The predicted octanol–water partition coefficient (Wildman–Crippen LogP) is 2.18. The second kappa shape index (κ2) is 5.49. The van der Waals surface area contributed by atoms with Gasteiger partial charge in [0.05, 0.1) is 6.61 Å². The van der Waals surface area contributed by atoms with Gasteiger partial charge in [-0.15, -0.1) is 0 Å². The molecule has 1 aromatic rings. The third-order valence-corrected chi connectivity index (χ3v) is 2.72. The van der Waals surface area contributed by atoms with Crippen molar-refractivity contribution in [3.63, 3.8) is 0 Å². The topological polar surface area (TPSA) is 23.5 Å². The molecule has 0 saturated carbocycles. The Morgan fingerprint density at radius 2 is 2.14 bits per heavy atom. The number of benzene rings is 1. The average Bonchev–Trinajstić information content (AvgIpc) is 2.10. The van der Waals surface area contributed by atoms with E-state index in [1.54, 1.807) is 0 Å². The highest BCUT2D eigenvalue weighted by molar-refractivity contribution is 9.10. The summed E-state index contributed by atoms with van der Waals surface area (Å²) < 4.78 is 1.11. The summed E-state index contributed by atoms with van der Waals surface area (Å²) in [5, 5.41) is 8.78. The molecule has 0 saturated heterocycles. The van der Waals surface area contributed by atoms with Crippen LogP contribution < -0.4 is 0 Å². The molecule has 14 heavy (non-hydrogen) atoms. The van der Waals surface area contributed by atoms with Crippen LogP contribution in [0.3, 0.4) is 0 Å². The van der Waals surface area contributed by atoms with Crippen LogP contribution in [-0.4, -0.2) is 30.2 Å². The van der Waals surface area contributed by atoms with E-state index in [2.05, 4.69) is 46.0 Å². The molecule has 0 amide bonds. The lowest BCUT2D eigenvalue weighted by atomic mass is 10.1. The van der Waals surface area contributed by atoms with Gasteiger partial charge < -0.3 is 5.11 Å². The highest BCUT2D eigenvalue weighted by atomic mass is 79.9. The minimum absolute atomic E-state index is 0.214. The zero-order chi connectivity index (χ0) is 10.6. The fourth-order valence-corrected chi connectivity index (χ4v) is 1.85. The number of hydrogen-bond acceptors (Lipinski definition) is 2. The number of nitrogens with zero attached hydrogens (tertiary/aromatic N) is 1. The molecule has 2 nitrogen and oxygen atoms in total. The molecule has 1 N–H and O–H groups in total. The molecule has 0 fully saturated rings. The van der Waals surface area contributed by atoms with Gasteiger partial charge in [-0.2, -0.15) is 0 Å². The third kappa shape index (κ3) is 3.40. The van der Waals surface area contributed by atoms with Crippen molar-refractivity contribution >= 4 is 15.9 Å². The summed E-state index contributed by atoms with van der Waals surface area (Å²) in [6.45, 7) is 3.92. The van der Waals surface area contributed by atoms with Crippen molar-refractivity contribution in [1.82, 2.24) is 4.90 Å². The largest absolute Gasteiger partial charge is 0.395 e. The van der Waals surface area contributed by atoms with Gasteiger partial charge in [0, 0.05) is 17.6 Å². The molecule has 0 aliphatic heterocycles. The van der Waals surface area contributed by atoms with E-state index in [1.165, 1.54) is 11.1 Å². The summed E-state index contributed by atoms with van der Waals surface area (Å²) in [5.41, 5.74) is 2.59. The van der Waals surface area contributed by atoms with Gasteiger partial charge in [0.1, 0.15) is 0 Å². The fourth-order valence-electron chi connectivity index (χ4n) is 1.38. The lowest BCUT2D eigenvalue weighted by molar-refractivity contribution is 0.217. The first-order chi connectivity index (χ1) is 6.63. The molecule has 0 spiro atoms. The van der Waals surface area contributed by atoms with E-state index < -0.39 is 0 Å². The molecule has 0 radical (unpaired) electrons. The Balaban J connectivity index is 2.67. The molecule has 0 aromatic heterocycles. The van der Waals surface area contributed by atoms with Gasteiger partial charge in [-0.05, 0) is 37.2 Å². The van der Waals surface area contributed by atoms with E-state index >= 15 is 0 Å². The van der Waals surface area contributed by atoms with E-state index in [-0.39, 0.29) is 6.61 Å². The van der Waals surface area contributed by atoms with Gasteiger partial charge in [-0.25, -0.2) is 0 Å². The predicted molar refractivity (Wildman–Crippen MR) is 62.3 cm³/mol.